The Morgan fingerprint density at radius 1 is 1.50 bits per heavy atom. The van der Waals surface area contributed by atoms with Gasteiger partial charge in [-0.05, 0) is 0 Å². The number of hydrogen-bond donors (Lipinski definition) is 0. The summed E-state index contributed by atoms with van der Waals surface area (Å²) in [7, 11) is 1.32. The van der Waals surface area contributed by atoms with Gasteiger partial charge in [0.05, 0.1) is 19.2 Å². The SMILES string of the molecule is CON1C=C(C(F)(F)F)C=CC1. The van der Waals surface area contributed by atoms with Crippen molar-refractivity contribution in [1.82, 2.24) is 5.06 Å². The average Bonchev–Trinajstić information content (AvgIpc) is 2.03. The molecule has 0 N–H and O–H groups in total. The van der Waals surface area contributed by atoms with Crippen LogP contribution in [0.25, 0.3) is 0 Å². The molecular formula is C7H8F3NO. The molecule has 68 valence electrons. The largest absolute Gasteiger partial charge is 0.417 e. The maximum Gasteiger partial charge on any atom is 0.417 e. The molecule has 2 nitrogen and oxygen atoms in total. The fraction of sp³-hybridized carbons (Fsp3) is 0.429. The lowest BCUT2D eigenvalue weighted by molar-refractivity contribution is -0.106. The molecule has 0 atom stereocenters. The van der Waals surface area contributed by atoms with Crippen LogP contribution in [0, 0.1) is 0 Å². The summed E-state index contributed by atoms with van der Waals surface area (Å²) in [4.78, 5) is 4.62. The van der Waals surface area contributed by atoms with Crippen LogP contribution in [-0.4, -0.2) is 24.9 Å². The van der Waals surface area contributed by atoms with E-state index in [9.17, 15) is 13.2 Å². The molecule has 0 saturated carbocycles. The smallest absolute Gasteiger partial charge is 0.277 e. The number of nitrogens with zero attached hydrogens (tertiary/aromatic N) is 1. The Balaban J connectivity index is 2.77. The van der Waals surface area contributed by atoms with Crippen LogP contribution in [-0.2, 0) is 4.84 Å². The third-order valence-corrected chi connectivity index (χ3v) is 1.43. The summed E-state index contributed by atoms with van der Waals surface area (Å²) in [5.41, 5.74) is -0.699. The van der Waals surface area contributed by atoms with Crippen molar-refractivity contribution in [3.63, 3.8) is 0 Å². The predicted molar refractivity (Wildman–Crippen MR) is 37.0 cm³/mol. The van der Waals surface area contributed by atoms with Gasteiger partial charge in [-0.15, -0.1) is 0 Å². The Morgan fingerprint density at radius 2 is 2.17 bits per heavy atom. The highest BCUT2D eigenvalue weighted by molar-refractivity contribution is 5.25. The molecule has 0 radical (unpaired) electrons. The quantitative estimate of drug-likeness (QED) is 0.609. The zero-order valence-electron chi connectivity index (χ0n) is 6.43. The molecule has 0 amide bonds. The topological polar surface area (TPSA) is 12.5 Å². The molecule has 1 aliphatic heterocycles. The minimum absolute atomic E-state index is 0.343. The second-order valence-corrected chi connectivity index (χ2v) is 2.27. The summed E-state index contributed by atoms with van der Waals surface area (Å²) in [6.07, 6.45) is -0.935. The highest BCUT2D eigenvalue weighted by Crippen LogP contribution is 2.28. The number of alkyl halides is 3. The van der Waals surface area contributed by atoms with Crippen LogP contribution >= 0.6 is 0 Å². The Morgan fingerprint density at radius 3 is 2.67 bits per heavy atom. The first-order valence-electron chi connectivity index (χ1n) is 3.30. The third-order valence-electron chi connectivity index (χ3n) is 1.43. The Hall–Kier alpha value is -0.970. The highest BCUT2D eigenvalue weighted by atomic mass is 19.4. The van der Waals surface area contributed by atoms with Gasteiger partial charge in [-0.2, -0.15) is 13.2 Å². The lowest BCUT2D eigenvalue weighted by Gasteiger charge is -2.21. The van der Waals surface area contributed by atoms with Crippen molar-refractivity contribution in [2.75, 3.05) is 13.7 Å². The van der Waals surface area contributed by atoms with Gasteiger partial charge in [0, 0.05) is 6.20 Å². The van der Waals surface area contributed by atoms with Gasteiger partial charge >= 0.3 is 6.18 Å². The fourth-order valence-electron chi connectivity index (χ4n) is 0.829. The number of hydroxylamine groups is 2. The van der Waals surface area contributed by atoms with Gasteiger partial charge in [0.1, 0.15) is 0 Å². The minimum atomic E-state index is -4.30. The first-order chi connectivity index (χ1) is 5.54. The van der Waals surface area contributed by atoms with Crippen molar-refractivity contribution in [2.24, 2.45) is 0 Å². The molecule has 1 aliphatic rings. The maximum absolute atomic E-state index is 12.0. The van der Waals surface area contributed by atoms with E-state index >= 15 is 0 Å². The Labute approximate surface area is 67.9 Å². The number of halogens is 3. The lowest BCUT2D eigenvalue weighted by Crippen LogP contribution is -2.23. The monoisotopic (exact) mass is 179 g/mol. The molecule has 0 fully saturated rings. The van der Waals surface area contributed by atoms with Gasteiger partial charge < -0.3 is 0 Å². The molecule has 0 aromatic carbocycles. The van der Waals surface area contributed by atoms with Gasteiger partial charge in [-0.3, -0.25) is 9.90 Å². The molecule has 1 rings (SSSR count). The Bertz CT molecular complexity index is 219. The maximum atomic E-state index is 12.0. The molecule has 0 unspecified atom stereocenters. The van der Waals surface area contributed by atoms with E-state index in [2.05, 4.69) is 4.84 Å². The molecule has 5 heteroatoms. The normalized spacial score (nSPS) is 18.0. The molecule has 1 heterocycles. The predicted octanol–water partition coefficient (Wildman–Crippen LogP) is 1.87. The van der Waals surface area contributed by atoms with Crippen molar-refractivity contribution in [3.05, 3.63) is 23.9 Å². The second kappa shape index (κ2) is 3.18. The summed E-state index contributed by atoms with van der Waals surface area (Å²) in [6.45, 7) is 0.343. The van der Waals surface area contributed by atoms with Crippen molar-refractivity contribution in [2.45, 2.75) is 6.18 Å². The van der Waals surface area contributed by atoms with Gasteiger partial charge in [0.2, 0.25) is 0 Å². The summed E-state index contributed by atoms with van der Waals surface area (Å²) >= 11 is 0. The number of allylic oxidation sites excluding steroid dienone is 2. The van der Waals surface area contributed by atoms with Crippen molar-refractivity contribution in [3.8, 4) is 0 Å². The third kappa shape index (κ3) is 2.01. The minimum Gasteiger partial charge on any atom is -0.277 e. The van der Waals surface area contributed by atoms with Gasteiger partial charge in [-0.1, -0.05) is 12.2 Å². The van der Waals surface area contributed by atoms with Crippen LogP contribution in [0.1, 0.15) is 0 Å². The number of rotatable bonds is 1. The molecule has 0 bridgehead atoms. The summed E-state index contributed by atoms with van der Waals surface area (Å²) in [5, 5.41) is 1.11. The van der Waals surface area contributed by atoms with Gasteiger partial charge in [0.25, 0.3) is 0 Å². The lowest BCUT2D eigenvalue weighted by atomic mass is 10.2. The first-order valence-corrected chi connectivity index (χ1v) is 3.30. The van der Waals surface area contributed by atoms with Crippen molar-refractivity contribution < 1.29 is 18.0 Å². The van der Waals surface area contributed by atoms with Crippen LogP contribution in [0.3, 0.4) is 0 Å². The zero-order chi connectivity index (χ0) is 9.19. The van der Waals surface area contributed by atoms with Gasteiger partial charge in [0.15, 0.2) is 0 Å². The highest BCUT2D eigenvalue weighted by Gasteiger charge is 2.33. The van der Waals surface area contributed by atoms with E-state index in [1.165, 1.54) is 13.2 Å². The standard InChI is InChI=1S/C7H8F3NO/c1-12-11-4-2-3-6(5-11)7(8,9)10/h2-3,5H,4H2,1H3. The zero-order valence-corrected chi connectivity index (χ0v) is 6.43. The molecule has 0 aromatic heterocycles. The molecular weight excluding hydrogens is 171 g/mol. The summed E-state index contributed by atoms with van der Waals surface area (Å²) < 4.78 is 36.1. The van der Waals surface area contributed by atoms with E-state index in [-0.39, 0.29) is 0 Å². The average molecular weight is 179 g/mol. The van der Waals surface area contributed by atoms with E-state index in [1.54, 1.807) is 0 Å². The van der Waals surface area contributed by atoms with Crippen LogP contribution in [0.4, 0.5) is 13.2 Å². The van der Waals surface area contributed by atoms with E-state index in [0.29, 0.717) is 6.54 Å². The van der Waals surface area contributed by atoms with Crippen LogP contribution < -0.4 is 0 Å². The van der Waals surface area contributed by atoms with Crippen LogP contribution in [0.2, 0.25) is 0 Å². The van der Waals surface area contributed by atoms with Crippen molar-refractivity contribution >= 4 is 0 Å². The molecule has 0 spiro atoms. The molecule has 0 saturated heterocycles. The summed E-state index contributed by atoms with van der Waals surface area (Å²) in [6, 6.07) is 0. The fourth-order valence-corrected chi connectivity index (χ4v) is 0.829. The van der Waals surface area contributed by atoms with Crippen molar-refractivity contribution in [1.29, 1.82) is 0 Å². The summed E-state index contributed by atoms with van der Waals surface area (Å²) in [5.74, 6) is 0. The molecule has 0 aliphatic carbocycles. The molecule has 0 aromatic rings. The van der Waals surface area contributed by atoms with Crippen LogP contribution in [0.5, 0.6) is 0 Å². The van der Waals surface area contributed by atoms with Gasteiger partial charge in [-0.25, -0.2) is 0 Å². The van der Waals surface area contributed by atoms with Crippen LogP contribution in [0.15, 0.2) is 23.9 Å². The van der Waals surface area contributed by atoms with E-state index < -0.39 is 11.7 Å². The van der Waals surface area contributed by atoms with E-state index in [4.69, 9.17) is 0 Å². The van der Waals surface area contributed by atoms with E-state index in [0.717, 1.165) is 17.3 Å². The molecule has 12 heavy (non-hydrogen) atoms. The second-order valence-electron chi connectivity index (χ2n) is 2.27. The van der Waals surface area contributed by atoms with E-state index in [1.807, 2.05) is 0 Å². The first kappa shape index (κ1) is 9.12. The Kier molecular flexibility index (Phi) is 2.42. The number of hydrogen-bond acceptors (Lipinski definition) is 2.